The highest BCUT2D eigenvalue weighted by atomic mass is 79.9. The maximum Gasteiger partial charge on any atom is 0.224 e. The summed E-state index contributed by atoms with van der Waals surface area (Å²) in [5.41, 5.74) is 0.933. The van der Waals surface area contributed by atoms with Gasteiger partial charge < -0.3 is 15.4 Å². The van der Waals surface area contributed by atoms with Gasteiger partial charge in [0.2, 0.25) is 5.95 Å². The summed E-state index contributed by atoms with van der Waals surface area (Å²) in [5.74, 6) is 2.13. The summed E-state index contributed by atoms with van der Waals surface area (Å²) >= 11 is 3.42. The smallest absolute Gasteiger partial charge is 0.224 e. The van der Waals surface area contributed by atoms with E-state index in [0.717, 1.165) is 15.9 Å². The van der Waals surface area contributed by atoms with Crippen molar-refractivity contribution in [3.05, 3.63) is 34.9 Å². The molecular weight excluding hydrogens is 320 g/mol. The molecule has 0 radical (unpaired) electrons. The lowest BCUT2D eigenvalue weighted by Crippen LogP contribution is -2.05. The van der Waals surface area contributed by atoms with Crippen LogP contribution in [0.15, 0.2) is 34.9 Å². The first-order chi connectivity index (χ1) is 9.58. The Kier molecular flexibility index (Phi) is 4.79. The lowest BCUT2D eigenvalue weighted by molar-refractivity contribution is 0.242. The van der Waals surface area contributed by atoms with Gasteiger partial charge in [0.1, 0.15) is 11.6 Å². The Hall–Kier alpha value is -1.82. The molecule has 106 valence electrons. The molecule has 0 atom stereocenters. The molecule has 5 nitrogen and oxygen atoms in total. The van der Waals surface area contributed by atoms with Crippen LogP contribution in [-0.2, 0) is 0 Å². The van der Waals surface area contributed by atoms with Gasteiger partial charge in [-0.1, -0.05) is 0 Å². The lowest BCUT2D eigenvalue weighted by Gasteiger charge is -2.11. The van der Waals surface area contributed by atoms with Crippen molar-refractivity contribution >= 4 is 33.4 Å². The van der Waals surface area contributed by atoms with Gasteiger partial charge in [-0.25, -0.2) is 4.98 Å². The minimum Gasteiger partial charge on any atom is -0.491 e. The molecule has 2 N–H and O–H groups in total. The van der Waals surface area contributed by atoms with E-state index in [4.69, 9.17) is 4.74 Å². The normalized spacial score (nSPS) is 10.4. The molecular formula is C14H17BrN4O. The minimum absolute atomic E-state index is 0.169. The third-order valence-electron chi connectivity index (χ3n) is 2.46. The topological polar surface area (TPSA) is 59.1 Å². The van der Waals surface area contributed by atoms with Gasteiger partial charge in [0, 0.05) is 18.9 Å². The highest BCUT2D eigenvalue weighted by Gasteiger charge is 2.05. The summed E-state index contributed by atoms with van der Waals surface area (Å²) in [7, 11) is 1.78. The van der Waals surface area contributed by atoms with E-state index >= 15 is 0 Å². The molecule has 6 heteroatoms. The van der Waals surface area contributed by atoms with E-state index in [1.165, 1.54) is 0 Å². The predicted molar refractivity (Wildman–Crippen MR) is 84.8 cm³/mol. The van der Waals surface area contributed by atoms with Crippen molar-refractivity contribution in [1.29, 1.82) is 0 Å². The monoisotopic (exact) mass is 336 g/mol. The van der Waals surface area contributed by atoms with Crippen molar-refractivity contribution in [2.24, 2.45) is 0 Å². The van der Waals surface area contributed by atoms with Crippen molar-refractivity contribution in [1.82, 2.24) is 9.97 Å². The van der Waals surface area contributed by atoms with Crippen LogP contribution in [0.3, 0.4) is 0 Å². The number of rotatable bonds is 5. The second-order valence-electron chi connectivity index (χ2n) is 4.46. The van der Waals surface area contributed by atoms with Crippen LogP contribution in [0, 0.1) is 0 Å². The maximum atomic E-state index is 5.61. The molecule has 1 aromatic heterocycles. The summed E-state index contributed by atoms with van der Waals surface area (Å²) in [4.78, 5) is 8.46. The third-order valence-corrected chi connectivity index (χ3v) is 3.04. The van der Waals surface area contributed by atoms with Crippen LogP contribution in [0.25, 0.3) is 0 Å². The number of hydrogen-bond acceptors (Lipinski definition) is 5. The largest absolute Gasteiger partial charge is 0.491 e. The van der Waals surface area contributed by atoms with Crippen LogP contribution in [-0.4, -0.2) is 23.1 Å². The quantitative estimate of drug-likeness (QED) is 0.869. The molecule has 0 saturated carbocycles. The van der Waals surface area contributed by atoms with E-state index in [-0.39, 0.29) is 6.10 Å². The molecule has 2 rings (SSSR count). The van der Waals surface area contributed by atoms with Gasteiger partial charge in [-0.3, -0.25) is 0 Å². The Morgan fingerprint density at radius 1 is 1.20 bits per heavy atom. The number of halogens is 1. The zero-order valence-corrected chi connectivity index (χ0v) is 13.2. The van der Waals surface area contributed by atoms with E-state index in [9.17, 15) is 0 Å². The number of nitrogens with one attached hydrogen (secondary N) is 2. The number of aromatic nitrogens is 2. The van der Waals surface area contributed by atoms with Crippen LogP contribution in [0.4, 0.5) is 17.5 Å². The lowest BCUT2D eigenvalue weighted by atomic mass is 10.3. The maximum absolute atomic E-state index is 5.61. The second-order valence-corrected chi connectivity index (χ2v) is 5.31. The number of ether oxygens (including phenoxy) is 1. The average Bonchev–Trinajstić information content (AvgIpc) is 2.43. The van der Waals surface area contributed by atoms with E-state index < -0.39 is 0 Å². The van der Waals surface area contributed by atoms with Crippen molar-refractivity contribution in [2.45, 2.75) is 20.0 Å². The van der Waals surface area contributed by atoms with Crippen LogP contribution < -0.4 is 15.4 Å². The number of nitrogens with zero attached hydrogens (tertiary/aromatic N) is 2. The van der Waals surface area contributed by atoms with E-state index in [0.29, 0.717) is 11.8 Å². The zero-order chi connectivity index (χ0) is 14.5. The Morgan fingerprint density at radius 3 is 2.50 bits per heavy atom. The van der Waals surface area contributed by atoms with Gasteiger partial charge in [-0.15, -0.1) is 0 Å². The summed E-state index contributed by atoms with van der Waals surface area (Å²) < 4.78 is 6.41. The molecule has 0 unspecified atom stereocenters. The molecule has 2 aromatic rings. The Morgan fingerprint density at radius 2 is 1.90 bits per heavy atom. The number of benzene rings is 1. The third kappa shape index (κ3) is 3.84. The number of hydrogen-bond donors (Lipinski definition) is 2. The van der Waals surface area contributed by atoms with E-state index in [1.807, 2.05) is 38.1 Å². The Bertz CT molecular complexity index is 572. The molecule has 0 saturated heterocycles. The predicted octanol–water partition coefficient (Wildman–Crippen LogP) is 3.81. The highest BCUT2D eigenvalue weighted by molar-refractivity contribution is 9.10. The fourth-order valence-corrected chi connectivity index (χ4v) is 1.89. The molecule has 0 spiro atoms. The molecule has 0 aliphatic rings. The van der Waals surface area contributed by atoms with Crippen LogP contribution in [0.5, 0.6) is 5.75 Å². The molecule has 20 heavy (non-hydrogen) atoms. The molecule has 1 heterocycles. The fourth-order valence-electron chi connectivity index (χ4n) is 1.60. The molecule has 0 aliphatic carbocycles. The summed E-state index contributed by atoms with van der Waals surface area (Å²) in [6, 6.07) is 7.75. The van der Waals surface area contributed by atoms with Gasteiger partial charge in [0.15, 0.2) is 0 Å². The first-order valence-corrected chi connectivity index (χ1v) is 7.12. The first kappa shape index (κ1) is 14.6. The van der Waals surface area contributed by atoms with Crippen LogP contribution in [0.2, 0.25) is 0 Å². The Labute approximate surface area is 126 Å². The average molecular weight is 337 g/mol. The minimum atomic E-state index is 0.169. The van der Waals surface area contributed by atoms with Crippen molar-refractivity contribution in [3.63, 3.8) is 0 Å². The van der Waals surface area contributed by atoms with Crippen LogP contribution in [0.1, 0.15) is 13.8 Å². The van der Waals surface area contributed by atoms with Crippen molar-refractivity contribution < 1.29 is 4.74 Å². The van der Waals surface area contributed by atoms with Gasteiger partial charge in [-0.2, -0.15) is 4.98 Å². The van der Waals surface area contributed by atoms with Gasteiger partial charge in [0.25, 0.3) is 0 Å². The molecule has 1 aromatic carbocycles. The SMILES string of the molecule is CNc1ncc(Br)c(Nc2ccc(OC(C)C)cc2)n1. The fraction of sp³-hybridized carbons (Fsp3) is 0.286. The summed E-state index contributed by atoms with van der Waals surface area (Å²) in [6.45, 7) is 4.01. The molecule has 0 fully saturated rings. The van der Waals surface area contributed by atoms with Crippen molar-refractivity contribution in [3.8, 4) is 5.75 Å². The molecule has 0 amide bonds. The first-order valence-electron chi connectivity index (χ1n) is 6.32. The van der Waals surface area contributed by atoms with Gasteiger partial charge in [0.05, 0.1) is 10.6 Å². The van der Waals surface area contributed by atoms with E-state index in [1.54, 1.807) is 13.2 Å². The Balaban J connectivity index is 2.13. The summed E-state index contributed by atoms with van der Waals surface area (Å²) in [5, 5.41) is 6.14. The van der Waals surface area contributed by atoms with Crippen LogP contribution >= 0.6 is 15.9 Å². The van der Waals surface area contributed by atoms with Gasteiger partial charge >= 0.3 is 0 Å². The van der Waals surface area contributed by atoms with Gasteiger partial charge in [-0.05, 0) is 54.0 Å². The zero-order valence-electron chi connectivity index (χ0n) is 11.6. The standard InChI is InChI=1S/C14H17BrN4O/c1-9(2)20-11-6-4-10(5-7-11)18-13-12(15)8-17-14(16-3)19-13/h4-9H,1-3H3,(H2,16,17,18,19). The molecule has 0 bridgehead atoms. The number of anilines is 3. The van der Waals surface area contributed by atoms with Crippen molar-refractivity contribution in [2.75, 3.05) is 17.7 Å². The highest BCUT2D eigenvalue weighted by Crippen LogP contribution is 2.25. The van der Waals surface area contributed by atoms with E-state index in [2.05, 4.69) is 36.5 Å². The summed E-state index contributed by atoms with van der Waals surface area (Å²) in [6.07, 6.45) is 1.88. The molecule has 0 aliphatic heterocycles. The second kappa shape index (κ2) is 6.56.